The van der Waals surface area contributed by atoms with Crippen molar-refractivity contribution in [2.24, 2.45) is 0 Å². The zero-order chi connectivity index (χ0) is 17.0. The largest absolute Gasteiger partial charge is 0.476 e. The summed E-state index contributed by atoms with van der Waals surface area (Å²) < 4.78 is 27.3. The first-order chi connectivity index (χ1) is 10.9. The molecule has 0 fully saturated rings. The molecule has 1 aromatic heterocycles. The molecule has 2 rings (SSSR count). The maximum absolute atomic E-state index is 13.6. The molecule has 0 radical (unpaired) electrons. The Labute approximate surface area is 135 Å². The van der Waals surface area contributed by atoms with Crippen molar-refractivity contribution in [1.82, 2.24) is 10.3 Å². The normalized spacial score (nSPS) is 12.0. The van der Waals surface area contributed by atoms with Crippen LogP contribution in [-0.2, 0) is 11.2 Å². The molecule has 122 valence electrons. The fourth-order valence-electron chi connectivity index (χ4n) is 2.03. The monoisotopic (exact) mass is 340 g/mol. The third-order valence-electron chi connectivity index (χ3n) is 3.23. The maximum Gasteiger partial charge on any atom is 0.355 e. The van der Waals surface area contributed by atoms with Crippen molar-refractivity contribution in [3.63, 3.8) is 0 Å². The van der Waals surface area contributed by atoms with Crippen LogP contribution >= 0.6 is 11.3 Å². The van der Waals surface area contributed by atoms with Crippen LogP contribution in [0.4, 0.5) is 8.78 Å². The molecule has 0 saturated carbocycles. The number of halogens is 2. The molecule has 1 aromatic carbocycles. The number of aromatic nitrogens is 1. The third kappa shape index (κ3) is 4.10. The number of carbonyl (C=O) groups is 2. The van der Waals surface area contributed by atoms with Gasteiger partial charge in [0.25, 0.3) is 0 Å². The summed E-state index contributed by atoms with van der Waals surface area (Å²) in [5, 5.41) is 13.3. The highest BCUT2D eigenvalue weighted by Gasteiger charge is 2.22. The van der Waals surface area contributed by atoms with Crippen LogP contribution in [0.15, 0.2) is 23.6 Å². The van der Waals surface area contributed by atoms with E-state index in [4.69, 9.17) is 5.11 Å². The molecule has 2 N–H and O–H groups in total. The second kappa shape index (κ2) is 7.28. The van der Waals surface area contributed by atoms with E-state index in [1.54, 1.807) is 0 Å². The lowest BCUT2D eigenvalue weighted by molar-refractivity contribution is -0.122. The van der Waals surface area contributed by atoms with E-state index < -0.39 is 29.4 Å². The molecule has 23 heavy (non-hydrogen) atoms. The van der Waals surface area contributed by atoms with Gasteiger partial charge in [0.1, 0.15) is 11.6 Å². The second-order valence-electron chi connectivity index (χ2n) is 4.83. The molecule has 1 amide bonds. The van der Waals surface area contributed by atoms with Crippen molar-refractivity contribution in [2.45, 2.75) is 19.3 Å². The molecule has 0 saturated heterocycles. The van der Waals surface area contributed by atoms with Gasteiger partial charge in [0, 0.05) is 23.9 Å². The Bertz CT molecular complexity index is 713. The van der Waals surface area contributed by atoms with E-state index >= 15 is 0 Å². The van der Waals surface area contributed by atoms with Gasteiger partial charge in [-0.3, -0.25) is 4.79 Å². The molecule has 0 spiro atoms. The van der Waals surface area contributed by atoms with Crippen molar-refractivity contribution in [3.05, 3.63) is 51.5 Å². The SMILES string of the molecule is CC(C(=O)NCCc1nc(C(=O)O)cs1)c1c(F)cccc1F. The first kappa shape index (κ1) is 17.0. The van der Waals surface area contributed by atoms with Gasteiger partial charge in [-0.05, 0) is 19.1 Å². The van der Waals surface area contributed by atoms with Gasteiger partial charge in [0.05, 0.1) is 10.9 Å². The van der Waals surface area contributed by atoms with Gasteiger partial charge < -0.3 is 10.4 Å². The highest BCUT2D eigenvalue weighted by Crippen LogP contribution is 2.22. The summed E-state index contributed by atoms with van der Waals surface area (Å²) in [6.45, 7) is 1.62. The van der Waals surface area contributed by atoms with E-state index in [1.807, 2.05) is 0 Å². The molecule has 1 heterocycles. The Balaban J connectivity index is 1.92. The lowest BCUT2D eigenvalue weighted by atomic mass is 9.99. The van der Waals surface area contributed by atoms with Gasteiger partial charge in [0.2, 0.25) is 5.91 Å². The average molecular weight is 340 g/mol. The number of hydrogen-bond acceptors (Lipinski definition) is 4. The molecule has 0 aliphatic heterocycles. The quantitative estimate of drug-likeness (QED) is 0.847. The van der Waals surface area contributed by atoms with Crippen LogP contribution in [0.25, 0.3) is 0 Å². The summed E-state index contributed by atoms with van der Waals surface area (Å²) >= 11 is 1.18. The first-order valence-corrected chi connectivity index (χ1v) is 7.67. The summed E-state index contributed by atoms with van der Waals surface area (Å²) in [5.74, 6) is -4.12. The predicted octanol–water partition coefficient (Wildman–Crippen LogP) is 2.58. The Hall–Kier alpha value is -2.35. The van der Waals surface area contributed by atoms with Crippen LogP contribution in [0.3, 0.4) is 0 Å². The van der Waals surface area contributed by atoms with Gasteiger partial charge in [0.15, 0.2) is 5.69 Å². The van der Waals surface area contributed by atoms with Crippen molar-refractivity contribution in [3.8, 4) is 0 Å². The van der Waals surface area contributed by atoms with Crippen molar-refractivity contribution in [1.29, 1.82) is 0 Å². The van der Waals surface area contributed by atoms with Crippen LogP contribution in [0.1, 0.15) is 33.9 Å². The lowest BCUT2D eigenvalue weighted by Gasteiger charge is -2.13. The lowest BCUT2D eigenvalue weighted by Crippen LogP contribution is -2.30. The highest BCUT2D eigenvalue weighted by molar-refractivity contribution is 7.09. The molecular formula is C15H14F2N2O3S. The van der Waals surface area contributed by atoms with E-state index in [-0.39, 0.29) is 17.8 Å². The topological polar surface area (TPSA) is 79.3 Å². The number of benzene rings is 1. The van der Waals surface area contributed by atoms with Crippen LogP contribution in [-0.4, -0.2) is 28.5 Å². The fourth-order valence-corrected chi connectivity index (χ4v) is 2.80. The van der Waals surface area contributed by atoms with E-state index in [2.05, 4.69) is 10.3 Å². The fraction of sp³-hybridized carbons (Fsp3) is 0.267. The number of carbonyl (C=O) groups excluding carboxylic acids is 1. The molecule has 0 aliphatic carbocycles. The van der Waals surface area contributed by atoms with Gasteiger partial charge in [-0.1, -0.05) is 6.07 Å². The molecule has 5 nitrogen and oxygen atoms in total. The average Bonchev–Trinajstić information content (AvgIpc) is 2.96. The zero-order valence-electron chi connectivity index (χ0n) is 12.2. The summed E-state index contributed by atoms with van der Waals surface area (Å²) in [7, 11) is 0. The van der Waals surface area contributed by atoms with Crippen LogP contribution < -0.4 is 5.32 Å². The summed E-state index contributed by atoms with van der Waals surface area (Å²) in [6.07, 6.45) is 0.343. The Kier molecular flexibility index (Phi) is 5.38. The van der Waals surface area contributed by atoms with Crippen LogP contribution in [0.5, 0.6) is 0 Å². The molecule has 8 heteroatoms. The highest BCUT2D eigenvalue weighted by atomic mass is 32.1. The summed E-state index contributed by atoms with van der Waals surface area (Å²) in [6, 6.07) is 3.44. The van der Waals surface area contributed by atoms with Gasteiger partial charge in [-0.25, -0.2) is 18.6 Å². The van der Waals surface area contributed by atoms with E-state index in [1.165, 1.54) is 29.7 Å². The minimum Gasteiger partial charge on any atom is -0.476 e. The molecule has 2 aromatic rings. The number of rotatable bonds is 6. The summed E-state index contributed by atoms with van der Waals surface area (Å²) in [5.41, 5.74) is -0.314. The number of nitrogens with one attached hydrogen (secondary N) is 1. The molecule has 1 unspecified atom stereocenters. The molecular weight excluding hydrogens is 326 g/mol. The zero-order valence-corrected chi connectivity index (χ0v) is 13.0. The number of carboxylic acids is 1. The first-order valence-electron chi connectivity index (χ1n) is 6.79. The smallest absolute Gasteiger partial charge is 0.355 e. The van der Waals surface area contributed by atoms with Gasteiger partial charge in [-0.2, -0.15) is 0 Å². The number of hydrogen-bond donors (Lipinski definition) is 2. The van der Waals surface area contributed by atoms with E-state index in [0.717, 1.165) is 12.1 Å². The minimum atomic E-state index is -1.11. The number of carboxylic acid groups (broad SMARTS) is 1. The van der Waals surface area contributed by atoms with Crippen LogP contribution in [0, 0.1) is 11.6 Å². The second-order valence-corrected chi connectivity index (χ2v) is 5.77. The molecule has 0 bridgehead atoms. The summed E-state index contributed by atoms with van der Waals surface area (Å²) in [4.78, 5) is 26.6. The Morgan fingerprint density at radius 1 is 1.35 bits per heavy atom. The van der Waals surface area contributed by atoms with Crippen molar-refractivity contribution in [2.75, 3.05) is 6.54 Å². The van der Waals surface area contributed by atoms with Crippen molar-refractivity contribution < 1.29 is 23.5 Å². The number of thiazole rings is 1. The number of nitrogens with zero attached hydrogens (tertiary/aromatic N) is 1. The van der Waals surface area contributed by atoms with E-state index in [0.29, 0.717) is 11.4 Å². The molecule has 0 aliphatic rings. The van der Waals surface area contributed by atoms with Crippen molar-refractivity contribution >= 4 is 23.2 Å². The maximum atomic E-state index is 13.6. The van der Waals surface area contributed by atoms with Gasteiger partial charge in [-0.15, -0.1) is 11.3 Å². The Morgan fingerprint density at radius 2 is 2.00 bits per heavy atom. The number of amides is 1. The molecule has 1 atom stereocenters. The van der Waals surface area contributed by atoms with E-state index in [9.17, 15) is 18.4 Å². The number of aromatic carboxylic acids is 1. The predicted molar refractivity (Wildman–Crippen MR) is 80.6 cm³/mol. The standard InChI is InChI=1S/C15H14F2N2O3S/c1-8(13-9(16)3-2-4-10(13)17)14(20)18-6-5-12-19-11(7-23-12)15(21)22/h2-4,7-8H,5-6H2,1H3,(H,18,20)(H,21,22). The van der Waals surface area contributed by atoms with Gasteiger partial charge >= 0.3 is 5.97 Å². The third-order valence-corrected chi connectivity index (χ3v) is 4.14. The minimum absolute atomic E-state index is 0.0434. The van der Waals surface area contributed by atoms with Crippen LogP contribution in [0.2, 0.25) is 0 Å². The Morgan fingerprint density at radius 3 is 2.57 bits per heavy atom.